The summed E-state index contributed by atoms with van der Waals surface area (Å²) in [5.74, 6) is 0. The second-order valence-electron chi connectivity index (χ2n) is 4.43. The largest absolute Gasteiger partial charge is 0.316 e. The van der Waals surface area contributed by atoms with Crippen LogP contribution in [0.15, 0.2) is 12.7 Å². The highest BCUT2D eigenvalue weighted by Crippen LogP contribution is 2.15. The Morgan fingerprint density at radius 3 is 2.79 bits per heavy atom. The molecule has 0 aromatic carbocycles. The molecule has 0 bridgehead atoms. The molecule has 4 heteroatoms. The molecule has 0 atom stereocenters. The van der Waals surface area contributed by atoms with Crippen LogP contribution in [-0.4, -0.2) is 27.9 Å². The van der Waals surface area contributed by atoms with Crippen LogP contribution in [0.5, 0.6) is 0 Å². The van der Waals surface area contributed by atoms with E-state index in [2.05, 4.69) is 36.2 Å². The van der Waals surface area contributed by atoms with Crippen molar-refractivity contribution in [2.24, 2.45) is 5.41 Å². The zero-order valence-corrected chi connectivity index (χ0v) is 9.32. The molecule has 0 aliphatic heterocycles. The highest BCUT2D eigenvalue weighted by molar-refractivity contribution is 4.72. The lowest BCUT2D eigenvalue weighted by atomic mass is 9.93. The van der Waals surface area contributed by atoms with Crippen LogP contribution >= 0.6 is 0 Å². The summed E-state index contributed by atoms with van der Waals surface area (Å²) in [5, 5.41) is 7.53. The Morgan fingerprint density at radius 1 is 1.43 bits per heavy atom. The lowest BCUT2D eigenvalue weighted by Gasteiger charge is -2.24. The third kappa shape index (κ3) is 3.87. The molecule has 0 saturated heterocycles. The van der Waals surface area contributed by atoms with Crippen molar-refractivity contribution in [3.8, 4) is 0 Å². The Morgan fingerprint density at radius 2 is 2.21 bits per heavy atom. The average molecular weight is 196 g/mol. The molecular formula is C10H20N4. The van der Waals surface area contributed by atoms with Gasteiger partial charge in [-0.05, 0) is 18.4 Å². The van der Waals surface area contributed by atoms with Gasteiger partial charge in [-0.15, -0.1) is 0 Å². The van der Waals surface area contributed by atoms with Crippen molar-refractivity contribution in [3.05, 3.63) is 12.7 Å². The summed E-state index contributed by atoms with van der Waals surface area (Å²) in [6.45, 7) is 9.65. The van der Waals surface area contributed by atoms with Crippen molar-refractivity contribution < 1.29 is 0 Å². The molecule has 0 aliphatic carbocycles. The highest BCUT2D eigenvalue weighted by Gasteiger charge is 2.18. The molecule has 1 aromatic heterocycles. The fraction of sp³-hybridized carbons (Fsp3) is 0.800. The van der Waals surface area contributed by atoms with Gasteiger partial charge in [0.25, 0.3) is 0 Å². The van der Waals surface area contributed by atoms with Crippen molar-refractivity contribution in [3.63, 3.8) is 0 Å². The first kappa shape index (κ1) is 11.2. The fourth-order valence-corrected chi connectivity index (χ4v) is 1.41. The predicted octanol–water partition coefficient (Wildman–Crippen LogP) is 1.30. The molecule has 0 radical (unpaired) electrons. The van der Waals surface area contributed by atoms with Crippen LogP contribution in [0.2, 0.25) is 0 Å². The predicted molar refractivity (Wildman–Crippen MR) is 57.0 cm³/mol. The molecule has 4 nitrogen and oxygen atoms in total. The highest BCUT2D eigenvalue weighted by atomic mass is 15.3. The van der Waals surface area contributed by atoms with Crippen molar-refractivity contribution >= 4 is 0 Å². The van der Waals surface area contributed by atoms with Gasteiger partial charge in [0.2, 0.25) is 0 Å². The molecule has 0 amide bonds. The lowest BCUT2D eigenvalue weighted by Crippen LogP contribution is -2.33. The van der Waals surface area contributed by atoms with Gasteiger partial charge in [-0.1, -0.05) is 20.8 Å². The molecule has 1 N–H and O–H groups in total. The molecule has 1 heterocycles. The van der Waals surface area contributed by atoms with Gasteiger partial charge < -0.3 is 5.32 Å². The van der Waals surface area contributed by atoms with Crippen LogP contribution in [0.25, 0.3) is 0 Å². The van der Waals surface area contributed by atoms with Gasteiger partial charge in [-0.2, -0.15) is 5.10 Å². The summed E-state index contributed by atoms with van der Waals surface area (Å²) in [6.07, 6.45) is 4.52. The summed E-state index contributed by atoms with van der Waals surface area (Å²) in [6, 6.07) is 0. The second kappa shape index (κ2) is 5.10. The first-order valence-corrected chi connectivity index (χ1v) is 5.17. The van der Waals surface area contributed by atoms with E-state index < -0.39 is 0 Å². The number of nitrogens with one attached hydrogen (secondary N) is 1. The van der Waals surface area contributed by atoms with E-state index in [1.807, 2.05) is 4.68 Å². The third-order valence-corrected chi connectivity index (χ3v) is 2.09. The van der Waals surface area contributed by atoms with Crippen LogP contribution in [-0.2, 0) is 6.54 Å². The molecule has 80 valence electrons. The van der Waals surface area contributed by atoms with E-state index in [1.54, 1.807) is 12.7 Å². The van der Waals surface area contributed by atoms with Gasteiger partial charge in [0.1, 0.15) is 12.7 Å². The second-order valence-corrected chi connectivity index (χ2v) is 4.43. The van der Waals surface area contributed by atoms with E-state index in [0.717, 1.165) is 19.6 Å². The fourth-order valence-electron chi connectivity index (χ4n) is 1.41. The molecule has 0 fully saturated rings. The monoisotopic (exact) mass is 196 g/mol. The number of rotatable bonds is 6. The molecule has 0 aliphatic rings. The van der Waals surface area contributed by atoms with E-state index in [0.29, 0.717) is 0 Å². The smallest absolute Gasteiger partial charge is 0.137 e. The van der Waals surface area contributed by atoms with E-state index in [9.17, 15) is 0 Å². The van der Waals surface area contributed by atoms with E-state index in [-0.39, 0.29) is 5.41 Å². The van der Waals surface area contributed by atoms with Crippen LogP contribution in [0.3, 0.4) is 0 Å². The van der Waals surface area contributed by atoms with Gasteiger partial charge in [0.15, 0.2) is 0 Å². The minimum Gasteiger partial charge on any atom is -0.316 e. The van der Waals surface area contributed by atoms with Gasteiger partial charge in [-0.3, -0.25) is 4.68 Å². The Kier molecular flexibility index (Phi) is 4.07. The first-order valence-electron chi connectivity index (χ1n) is 5.17. The molecule has 0 saturated carbocycles. The topological polar surface area (TPSA) is 42.7 Å². The summed E-state index contributed by atoms with van der Waals surface area (Å²) in [7, 11) is 0. The number of hydrogen-bond donors (Lipinski definition) is 1. The Bertz CT molecular complexity index is 241. The minimum atomic E-state index is 0.225. The Hall–Kier alpha value is -0.900. The zero-order valence-electron chi connectivity index (χ0n) is 9.32. The summed E-state index contributed by atoms with van der Waals surface area (Å²) in [4.78, 5) is 3.93. The molecule has 14 heavy (non-hydrogen) atoms. The SMILES string of the molecule is CCCNCC(C)(C)Cn1cncn1. The van der Waals surface area contributed by atoms with Crippen molar-refractivity contribution in [1.29, 1.82) is 0 Å². The normalized spacial score (nSPS) is 11.9. The maximum absolute atomic E-state index is 4.11. The van der Waals surface area contributed by atoms with Crippen LogP contribution in [0, 0.1) is 5.41 Å². The number of nitrogens with zero attached hydrogens (tertiary/aromatic N) is 3. The molecule has 0 unspecified atom stereocenters. The van der Waals surface area contributed by atoms with Gasteiger partial charge >= 0.3 is 0 Å². The van der Waals surface area contributed by atoms with Gasteiger partial charge in [0.05, 0.1) is 0 Å². The Labute approximate surface area is 85.7 Å². The first-order chi connectivity index (χ1) is 6.64. The molecular weight excluding hydrogens is 176 g/mol. The summed E-state index contributed by atoms with van der Waals surface area (Å²) < 4.78 is 1.88. The zero-order chi connectivity index (χ0) is 10.4. The lowest BCUT2D eigenvalue weighted by molar-refractivity contribution is 0.276. The van der Waals surface area contributed by atoms with E-state index >= 15 is 0 Å². The molecule has 1 rings (SSSR count). The van der Waals surface area contributed by atoms with Crippen molar-refractivity contribution in [2.75, 3.05) is 13.1 Å². The maximum Gasteiger partial charge on any atom is 0.137 e. The van der Waals surface area contributed by atoms with Crippen LogP contribution < -0.4 is 5.32 Å². The summed E-state index contributed by atoms with van der Waals surface area (Å²) in [5.41, 5.74) is 0.225. The molecule has 1 aromatic rings. The van der Waals surface area contributed by atoms with Gasteiger partial charge in [-0.25, -0.2) is 4.98 Å². The van der Waals surface area contributed by atoms with Gasteiger partial charge in [0, 0.05) is 13.1 Å². The van der Waals surface area contributed by atoms with E-state index in [1.165, 1.54) is 6.42 Å². The summed E-state index contributed by atoms with van der Waals surface area (Å²) >= 11 is 0. The quantitative estimate of drug-likeness (QED) is 0.697. The van der Waals surface area contributed by atoms with Crippen LogP contribution in [0.4, 0.5) is 0 Å². The van der Waals surface area contributed by atoms with E-state index in [4.69, 9.17) is 0 Å². The molecule has 0 spiro atoms. The standard InChI is InChI=1S/C10H20N4/c1-4-5-11-6-10(2,3)7-14-9-12-8-13-14/h8-9,11H,4-7H2,1-3H3. The number of hydrogen-bond acceptors (Lipinski definition) is 3. The number of aromatic nitrogens is 3. The Balaban J connectivity index is 2.33. The minimum absolute atomic E-state index is 0.225. The van der Waals surface area contributed by atoms with Crippen molar-refractivity contribution in [1.82, 2.24) is 20.1 Å². The third-order valence-electron chi connectivity index (χ3n) is 2.09. The average Bonchev–Trinajstić information content (AvgIpc) is 2.56. The maximum atomic E-state index is 4.11. The van der Waals surface area contributed by atoms with Crippen molar-refractivity contribution in [2.45, 2.75) is 33.7 Å². The van der Waals surface area contributed by atoms with Crippen LogP contribution in [0.1, 0.15) is 27.2 Å².